The first-order chi connectivity index (χ1) is 12.4. The molecule has 0 aliphatic rings. The van der Waals surface area contributed by atoms with Crippen molar-refractivity contribution in [2.45, 2.75) is 39.7 Å². The number of aromatic nitrogens is 1. The normalized spacial score (nSPS) is 12.1. The van der Waals surface area contributed by atoms with Crippen LogP contribution < -0.4 is 0 Å². The van der Waals surface area contributed by atoms with Crippen molar-refractivity contribution >= 4 is 33.3 Å². The van der Waals surface area contributed by atoms with E-state index >= 15 is 0 Å². The molecule has 134 valence electrons. The van der Waals surface area contributed by atoms with Crippen molar-refractivity contribution in [2.24, 2.45) is 0 Å². The third kappa shape index (κ3) is 4.17. The van der Waals surface area contributed by atoms with Crippen molar-refractivity contribution in [1.82, 2.24) is 4.98 Å². The minimum Gasteiger partial charge on any atom is -0.454 e. The minimum absolute atomic E-state index is 0.167. The number of fused-ring (bicyclic) bond motifs is 1. The third-order valence-corrected chi connectivity index (χ3v) is 5.31. The molecule has 0 N–H and O–H groups in total. The zero-order valence-corrected chi connectivity index (χ0v) is 15.9. The van der Waals surface area contributed by atoms with E-state index in [1.165, 1.54) is 0 Å². The van der Waals surface area contributed by atoms with Crippen molar-refractivity contribution in [2.75, 3.05) is 0 Å². The summed E-state index contributed by atoms with van der Waals surface area (Å²) in [4.78, 5) is 29.2. The summed E-state index contributed by atoms with van der Waals surface area (Å²) in [6.07, 6.45) is -0.0642. The van der Waals surface area contributed by atoms with Crippen molar-refractivity contribution in [3.8, 4) is 0 Å². The molecule has 26 heavy (non-hydrogen) atoms. The predicted molar refractivity (Wildman–Crippen MR) is 104 cm³/mol. The van der Waals surface area contributed by atoms with E-state index in [1.54, 1.807) is 18.3 Å². The number of rotatable bonds is 6. The topological polar surface area (TPSA) is 56.3 Å². The first kappa shape index (κ1) is 18.3. The Bertz CT molecular complexity index is 928. The number of thiazole rings is 1. The molecule has 0 amide bonds. The van der Waals surface area contributed by atoms with Crippen LogP contribution in [0, 0.1) is 13.8 Å². The Labute approximate surface area is 156 Å². The summed E-state index contributed by atoms with van der Waals surface area (Å²) in [6.45, 7) is 5.44. The number of Topliss-reactive ketones (excluding diaryl/α,β-unsaturated/α-hetero) is 1. The fourth-order valence-electron chi connectivity index (χ4n) is 2.77. The SMILES string of the molecule is Cc1ccc(C)c(C(=O)C(C)OC(=O)CCc2nc3ccccc3s2)c1. The zero-order valence-electron chi connectivity index (χ0n) is 15.1. The van der Waals surface area contributed by atoms with Gasteiger partial charge in [0.05, 0.1) is 21.6 Å². The van der Waals surface area contributed by atoms with Crippen LogP contribution in [0.1, 0.15) is 39.8 Å². The summed E-state index contributed by atoms with van der Waals surface area (Å²) in [5.74, 6) is -0.546. The van der Waals surface area contributed by atoms with E-state index in [1.807, 2.05) is 56.3 Å². The largest absolute Gasteiger partial charge is 0.454 e. The van der Waals surface area contributed by atoms with E-state index in [9.17, 15) is 9.59 Å². The molecule has 3 aromatic rings. The van der Waals surface area contributed by atoms with E-state index in [0.29, 0.717) is 12.0 Å². The highest BCUT2D eigenvalue weighted by molar-refractivity contribution is 7.18. The maximum absolute atomic E-state index is 12.6. The second-order valence-corrected chi connectivity index (χ2v) is 7.51. The van der Waals surface area contributed by atoms with Crippen molar-refractivity contribution in [3.63, 3.8) is 0 Å². The number of carbonyl (C=O) groups excluding carboxylic acids is 2. The van der Waals surface area contributed by atoms with Gasteiger partial charge in [-0.3, -0.25) is 9.59 Å². The van der Waals surface area contributed by atoms with E-state index in [-0.39, 0.29) is 18.2 Å². The summed E-state index contributed by atoms with van der Waals surface area (Å²) >= 11 is 1.58. The summed E-state index contributed by atoms with van der Waals surface area (Å²) in [5, 5.41) is 0.900. The highest BCUT2D eigenvalue weighted by Crippen LogP contribution is 2.22. The maximum atomic E-state index is 12.6. The maximum Gasteiger partial charge on any atom is 0.306 e. The highest BCUT2D eigenvalue weighted by atomic mass is 32.1. The van der Waals surface area contributed by atoms with E-state index < -0.39 is 6.10 Å². The molecule has 0 radical (unpaired) electrons. The van der Waals surface area contributed by atoms with Gasteiger partial charge in [0.25, 0.3) is 0 Å². The summed E-state index contributed by atoms with van der Waals surface area (Å²) in [5.41, 5.74) is 3.45. The summed E-state index contributed by atoms with van der Waals surface area (Å²) in [7, 11) is 0. The van der Waals surface area contributed by atoms with Gasteiger partial charge in [0, 0.05) is 12.0 Å². The van der Waals surface area contributed by atoms with Crippen LogP contribution in [0.2, 0.25) is 0 Å². The van der Waals surface area contributed by atoms with Gasteiger partial charge >= 0.3 is 5.97 Å². The van der Waals surface area contributed by atoms with E-state index in [2.05, 4.69) is 4.98 Å². The molecule has 1 unspecified atom stereocenters. The predicted octanol–water partition coefficient (Wildman–Crippen LogP) is 4.66. The lowest BCUT2D eigenvalue weighted by Gasteiger charge is -2.14. The number of carbonyl (C=O) groups is 2. The van der Waals surface area contributed by atoms with Crippen LogP contribution in [-0.4, -0.2) is 22.8 Å². The van der Waals surface area contributed by atoms with Crippen LogP contribution in [0.3, 0.4) is 0 Å². The van der Waals surface area contributed by atoms with Gasteiger partial charge in [-0.05, 0) is 44.5 Å². The number of aryl methyl sites for hydroxylation is 3. The molecule has 0 bridgehead atoms. The molecule has 3 rings (SSSR count). The number of hydrogen-bond donors (Lipinski definition) is 0. The molecule has 2 aromatic carbocycles. The minimum atomic E-state index is -0.793. The van der Waals surface area contributed by atoms with Crippen LogP contribution in [0.15, 0.2) is 42.5 Å². The van der Waals surface area contributed by atoms with Crippen molar-refractivity contribution in [3.05, 3.63) is 64.2 Å². The number of benzene rings is 2. The first-order valence-electron chi connectivity index (χ1n) is 8.59. The number of ketones is 1. The average Bonchev–Trinajstić information content (AvgIpc) is 3.04. The monoisotopic (exact) mass is 367 g/mol. The van der Waals surface area contributed by atoms with Gasteiger partial charge in [0.2, 0.25) is 5.78 Å². The Morgan fingerprint density at radius 1 is 1.15 bits per heavy atom. The Morgan fingerprint density at radius 3 is 2.69 bits per heavy atom. The second-order valence-electron chi connectivity index (χ2n) is 6.39. The highest BCUT2D eigenvalue weighted by Gasteiger charge is 2.21. The van der Waals surface area contributed by atoms with Crippen LogP contribution in [0.25, 0.3) is 10.2 Å². The van der Waals surface area contributed by atoms with E-state index in [4.69, 9.17) is 4.74 Å². The molecule has 0 aliphatic carbocycles. The molecule has 1 atom stereocenters. The molecule has 5 heteroatoms. The summed E-state index contributed by atoms with van der Waals surface area (Å²) < 4.78 is 6.45. The second kappa shape index (κ2) is 7.79. The Kier molecular flexibility index (Phi) is 5.47. The standard InChI is InChI=1S/C21H21NO3S/c1-13-8-9-14(2)16(12-13)21(24)15(3)25-20(23)11-10-19-22-17-6-4-5-7-18(17)26-19/h4-9,12,15H,10-11H2,1-3H3. The quantitative estimate of drug-likeness (QED) is 0.470. The molecule has 4 nitrogen and oxygen atoms in total. The first-order valence-corrected chi connectivity index (χ1v) is 9.41. The van der Waals surface area contributed by atoms with Gasteiger partial charge in [0.1, 0.15) is 0 Å². The third-order valence-electron chi connectivity index (χ3n) is 4.22. The molecule has 0 aliphatic heterocycles. The van der Waals surface area contributed by atoms with Gasteiger partial charge in [-0.25, -0.2) is 4.98 Å². The van der Waals surface area contributed by atoms with Gasteiger partial charge in [-0.1, -0.05) is 29.8 Å². The number of esters is 1. The van der Waals surface area contributed by atoms with Crippen molar-refractivity contribution < 1.29 is 14.3 Å². The lowest BCUT2D eigenvalue weighted by Crippen LogP contribution is -2.25. The van der Waals surface area contributed by atoms with E-state index in [0.717, 1.165) is 26.4 Å². The van der Waals surface area contributed by atoms with Crippen molar-refractivity contribution in [1.29, 1.82) is 0 Å². The van der Waals surface area contributed by atoms with Gasteiger partial charge in [0.15, 0.2) is 6.10 Å². The van der Waals surface area contributed by atoms with Crippen LogP contribution in [0.5, 0.6) is 0 Å². The molecule has 0 spiro atoms. The Morgan fingerprint density at radius 2 is 1.92 bits per heavy atom. The van der Waals surface area contributed by atoms with Crippen LogP contribution >= 0.6 is 11.3 Å². The van der Waals surface area contributed by atoms with Crippen LogP contribution in [0.4, 0.5) is 0 Å². The zero-order chi connectivity index (χ0) is 18.7. The lowest BCUT2D eigenvalue weighted by molar-refractivity contribution is -0.146. The molecule has 0 fully saturated rings. The lowest BCUT2D eigenvalue weighted by atomic mass is 9.99. The van der Waals surface area contributed by atoms with Gasteiger partial charge in [-0.15, -0.1) is 11.3 Å². The smallest absolute Gasteiger partial charge is 0.306 e. The number of ether oxygens (including phenoxy) is 1. The Hall–Kier alpha value is -2.53. The molecule has 0 saturated heterocycles. The number of nitrogens with zero attached hydrogens (tertiary/aromatic N) is 1. The van der Waals surface area contributed by atoms with Gasteiger partial charge in [-0.2, -0.15) is 0 Å². The molecular weight excluding hydrogens is 346 g/mol. The molecule has 0 saturated carbocycles. The number of para-hydroxylation sites is 1. The fraction of sp³-hybridized carbons (Fsp3) is 0.286. The van der Waals surface area contributed by atoms with Gasteiger partial charge < -0.3 is 4.74 Å². The Balaban J connectivity index is 1.58. The van der Waals surface area contributed by atoms with Crippen LogP contribution in [-0.2, 0) is 16.0 Å². The fourth-order valence-corrected chi connectivity index (χ4v) is 3.73. The molecular formula is C21H21NO3S. The average molecular weight is 367 g/mol. The molecule has 1 aromatic heterocycles. The summed E-state index contributed by atoms with van der Waals surface area (Å²) in [6, 6.07) is 13.6. The molecule has 1 heterocycles. The number of hydrogen-bond acceptors (Lipinski definition) is 5.